The molecule has 1 atom stereocenters. The molecular weight excluding hydrogens is 302 g/mol. The highest BCUT2D eigenvalue weighted by molar-refractivity contribution is 6.30. The molecule has 1 N–H and O–H groups in total. The van der Waals surface area contributed by atoms with Crippen molar-refractivity contribution in [3.05, 3.63) is 47.2 Å². The lowest BCUT2D eigenvalue weighted by molar-refractivity contribution is -0.125. The predicted molar refractivity (Wildman–Crippen MR) is 84.0 cm³/mol. The number of carbonyl (C=O) groups is 1. The van der Waals surface area contributed by atoms with Crippen LogP contribution in [0.5, 0.6) is 5.75 Å². The molecule has 1 aliphatic rings. The fourth-order valence-electron chi connectivity index (χ4n) is 2.61. The molecule has 0 unspecified atom stereocenters. The Morgan fingerprint density at radius 1 is 1.45 bits per heavy atom. The van der Waals surface area contributed by atoms with Gasteiger partial charge in [0.05, 0.1) is 24.4 Å². The van der Waals surface area contributed by atoms with Gasteiger partial charge < -0.3 is 10.1 Å². The molecule has 22 heavy (non-hydrogen) atoms. The van der Waals surface area contributed by atoms with E-state index < -0.39 is 0 Å². The number of rotatable bonds is 4. The number of para-hydroxylation sites is 1. The lowest BCUT2D eigenvalue weighted by Crippen LogP contribution is -2.34. The maximum Gasteiger partial charge on any atom is 0.223 e. The Hall–Kier alpha value is -2.01. The van der Waals surface area contributed by atoms with Crippen LogP contribution < -0.4 is 10.1 Å². The van der Waals surface area contributed by atoms with Crippen molar-refractivity contribution in [1.82, 2.24) is 15.1 Å². The second-order valence-electron chi connectivity index (χ2n) is 5.36. The first-order chi connectivity index (χ1) is 10.7. The van der Waals surface area contributed by atoms with Crippen LogP contribution in [0.1, 0.15) is 12.0 Å². The minimum atomic E-state index is -0.0511. The molecule has 1 aromatic heterocycles. The van der Waals surface area contributed by atoms with Crippen molar-refractivity contribution in [2.24, 2.45) is 5.92 Å². The van der Waals surface area contributed by atoms with Crippen molar-refractivity contribution in [1.29, 1.82) is 0 Å². The van der Waals surface area contributed by atoms with E-state index in [4.69, 9.17) is 16.3 Å². The summed E-state index contributed by atoms with van der Waals surface area (Å²) in [6, 6.07) is 7.90. The standard InChI is InChI=1S/C16H18ClN3O2/c17-14-10-19-20(11-14)7-6-18-16(21)13-5-8-22-15-4-2-1-3-12(15)9-13/h1-4,10-11,13H,5-9H2,(H,18,21)/t13-/m1/s1. The summed E-state index contributed by atoms with van der Waals surface area (Å²) in [6.45, 7) is 1.72. The monoisotopic (exact) mass is 319 g/mol. The molecule has 5 nitrogen and oxygen atoms in total. The summed E-state index contributed by atoms with van der Waals surface area (Å²) in [7, 11) is 0. The number of ether oxygens (including phenoxy) is 1. The van der Waals surface area contributed by atoms with Crippen LogP contribution in [0.2, 0.25) is 5.02 Å². The van der Waals surface area contributed by atoms with Crippen molar-refractivity contribution in [3.63, 3.8) is 0 Å². The van der Waals surface area contributed by atoms with E-state index in [0.717, 1.165) is 24.2 Å². The van der Waals surface area contributed by atoms with Crippen LogP contribution in [0.15, 0.2) is 36.7 Å². The van der Waals surface area contributed by atoms with E-state index in [-0.39, 0.29) is 11.8 Å². The zero-order chi connectivity index (χ0) is 15.4. The normalized spacial score (nSPS) is 17.2. The second-order valence-corrected chi connectivity index (χ2v) is 5.79. The number of nitrogens with zero attached hydrogens (tertiary/aromatic N) is 2. The summed E-state index contributed by atoms with van der Waals surface area (Å²) in [5.74, 6) is 0.910. The molecule has 0 radical (unpaired) electrons. The van der Waals surface area contributed by atoms with Crippen molar-refractivity contribution in [3.8, 4) is 5.75 Å². The Morgan fingerprint density at radius 3 is 3.14 bits per heavy atom. The third-order valence-electron chi connectivity index (χ3n) is 3.78. The average molecular weight is 320 g/mol. The fraction of sp³-hybridized carbons (Fsp3) is 0.375. The molecule has 1 amide bonds. The Bertz CT molecular complexity index is 656. The van der Waals surface area contributed by atoms with E-state index in [1.807, 2.05) is 24.3 Å². The molecule has 0 saturated heterocycles. The molecule has 2 heterocycles. The number of carbonyl (C=O) groups excluding carboxylic acids is 1. The van der Waals surface area contributed by atoms with Crippen molar-refractivity contribution in [2.45, 2.75) is 19.4 Å². The van der Waals surface area contributed by atoms with Crippen LogP contribution in [-0.4, -0.2) is 28.8 Å². The summed E-state index contributed by atoms with van der Waals surface area (Å²) >= 11 is 5.81. The Labute approximate surface area is 134 Å². The van der Waals surface area contributed by atoms with Gasteiger partial charge in [-0.25, -0.2) is 0 Å². The molecule has 0 fully saturated rings. The smallest absolute Gasteiger partial charge is 0.223 e. The number of halogens is 1. The second kappa shape index (κ2) is 6.83. The van der Waals surface area contributed by atoms with Crippen molar-refractivity contribution >= 4 is 17.5 Å². The number of aromatic nitrogens is 2. The minimum Gasteiger partial charge on any atom is -0.493 e. The van der Waals surface area contributed by atoms with Crippen molar-refractivity contribution < 1.29 is 9.53 Å². The van der Waals surface area contributed by atoms with E-state index in [9.17, 15) is 4.79 Å². The van der Waals surface area contributed by atoms with E-state index in [1.54, 1.807) is 17.1 Å². The molecule has 0 saturated carbocycles. The van der Waals surface area contributed by atoms with Crippen LogP contribution in [-0.2, 0) is 17.8 Å². The highest BCUT2D eigenvalue weighted by Crippen LogP contribution is 2.26. The molecule has 0 bridgehead atoms. The number of amides is 1. The van der Waals surface area contributed by atoms with Crippen LogP contribution in [0.3, 0.4) is 0 Å². The zero-order valence-corrected chi connectivity index (χ0v) is 12.9. The van der Waals surface area contributed by atoms with Crippen molar-refractivity contribution in [2.75, 3.05) is 13.2 Å². The summed E-state index contributed by atoms with van der Waals surface area (Å²) < 4.78 is 7.41. The number of benzene rings is 1. The number of fused-ring (bicyclic) bond motifs is 1. The quantitative estimate of drug-likeness (QED) is 0.940. The predicted octanol–water partition coefficient (Wildman–Crippen LogP) is 2.29. The number of nitrogens with one attached hydrogen (secondary N) is 1. The summed E-state index contributed by atoms with van der Waals surface area (Å²) in [4.78, 5) is 12.3. The third kappa shape index (κ3) is 3.60. The topological polar surface area (TPSA) is 56.2 Å². The average Bonchev–Trinajstić information content (AvgIpc) is 2.81. The fourth-order valence-corrected chi connectivity index (χ4v) is 2.77. The van der Waals surface area contributed by atoms with Gasteiger partial charge >= 0.3 is 0 Å². The van der Waals surface area contributed by atoms with E-state index in [0.29, 0.717) is 24.7 Å². The summed E-state index contributed by atoms with van der Waals surface area (Å²) in [6.07, 6.45) is 4.77. The van der Waals surface area contributed by atoms with Gasteiger partial charge in [-0.3, -0.25) is 9.48 Å². The van der Waals surface area contributed by atoms with E-state index in [1.165, 1.54) is 0 Å². The molecule has 0 aliphatic carbocycles. The van der Waals surface area contributed by atoms with Gasteiger partial charge in [-0.05, 0) is 24.5 Å². The summed E-state index contributed by atoms with van der Waals surface area (Å²) in [5, 5.41) is 7.65. The maximum absolute atomic E-state index is 12.3. The molecule has 0 spiro atoms. The number of hydrogen-bond acceptors (Lipinski definition) is 3. The molecule has 1 aliphatic heterocycles. The third-order valence-corrected chi connectivity index (χ3v) is 3.97. The molecule has 6 heteroatoms. The first kappa shape index (κ1) is 14.9. The highest BCUT2D eigenvalue weighted by Gasteiger charge is 2.23. The number of hydrogen-bond donors (Lipinski definition) is 1. The molecule has 116 valence electrons. The molecule has 2 aromatic rings. The van der Waals surface area contributed by atoms with Gasteiger partial charge in [-0.15, -0.1) is 0 Å². The first-order valence-electron chi connectivity index (χ1n) is 7.39. The van der Waals surface area contributed by atoms with E-state index in [2.05, 4.69) is 10.4 Å². The SMILES string of the molecule is O=C(NCCn1cc(Cl)cn1)[C@@H]1CCOc2ccccc2C1. The lowest BCUT2D eigenvalue weighted by Gasteiger charge is -2.14. The van der Waals surface area contributed by atoms with Crippen LogP contribution in [0, 0.1) is 5.92 Å². The molecule has 1 aromatic carbocycles. The molecule has 3 rings (SSSR count). The minimum absolute atomic E-state index is 0.0511. The van der Waals surface area contributed by atoms with Crippen LogP contribution in [0.4, 0.5) is 0 Å². The van der Waals surface area contributed by atoms with Crippen LogP contribution in [0.25, 0.3) is 0 Å². The molecular formula is C16H18ClN3O2. The Balaban J connectivity index is 1.54. The van der Waals surface area contributed by atoms with Gasteiger partial charge in [0, 0.05) is 18.7 Å². The van der Waals surface area contributed by atoms with Gasteiger partial charge in [0.1, 0.15) is 5.75 Å². The first-order valence-corrected chi connectivity index (χ1v) is 7.76. The van der Waals surface area contributed by atoms with Gasteiger partial charge in [0.2, 0.25) is 5.91 Å². The zero-order valence-electron chi connectivity index (χ0n) is 12.2. The van der Waals surface area contributed by atoms with Gasteiger partial charge in [-0.2, -0.15) is 5.10 Å². The summed E-state index contributed by atoms with van der Waals surface area (Å²) in [5.41, 5.74) is 1.10. The lowest BCUT2D eigenvalue weighted by atomic mass is 9.96. The van der Waals surface area contributed by atoms with Gasteiger partial charge in [-0.1, -0.05) is 29.8 Å². The maximum atomic E-state index is 12.3. The van der Waals surface area contributed by atoms with Gasteiger partial charge in [0.25, 0.3) is 0 Å². The van der Waals surface area contributed by atoms with Gasteiger partial charge in [0.15, 0.2) is 0 Å². The van der Waals surface area contributed by atoms with E-state index >= 15 is 0 Å². The highest BCUT2D eigenvalue weighted by atomic mass is 35.5. The van der Waals surface area contributed by atoms with Crippen LogP contribution >= 0.6 is 11.6 Å². The Kier molecular flexibility index (Phi) is 4.63. The Morgan fingerprint density at radius 2 is 2.32 bits per heavy atom. The largest absolute Gasteiger partial charge is 0.493 e.